The van der Waals surface area contributed by atoms with E-state index < -0.39 is 0 Å². The number of hydrogen-bond acceptors (Lipinski definition) is 3. The van der Waals surface area contributed by atoms with Crippen LogP contribution in [0.4, 0.5) is 0 Å². The summed E-state index contributed by atoms with van der Waals surface area (Å²) in [6, 6.07) is 6.12. The van der Waals surface area contributed by atoms with Crippen molar-refractivity contribution in [1.29, 1.82) is 5.26 Å². The van der Waals surface area contributed by atoms with Gasteiger partial charge in [0.2, 0.25) is 0 Å². The second-order valence-corrected chi connectivity index (χ2v) is 5.12. The van der Waals surface area contributed by atoms with Gasteiger partial charge in [-0.1, -0.05) is 0 Å². The fourth-order valence-corrected chi connectivity index (χ4v) is 3.56. The van der Waals surface area contributed by atoms with Gasteiger partial charge in [-0.3, -0.25) is 0 Å². The van der Waals surface area contributed by atoms with Gasteiger partial charge in [0.1, 0.15) is 6.07 Å². The molecule has 0 saturated heterocycles. The van der Waals surface area contributed by atoms with Crippen molar-refractivity contribution in [2.24, 2.45) is 0 Å². The van der Waals surface area contributed by atoms with E-state index in [0.29, 0.717) is 0 Å². The number of halogens is 1. The summed E-state index contributed by atoms with van der Waals surface area (Å²) in [7, 11) is 0. The molecular formula is C9H4INS2. The molecule has 0 unspecified atom stereocenters. The van der Waals surface area contributed by atoms with Crippen LogP contribution in [-0.2, 0) is 0 Å². The van der Waals surface area contributed by atoms with Crippen LogP contribution in [-0.4, -0.2) is 0 Å². The van der Waals surface area contributed by atoms with Crippen molar-refractivity contribution in [1.82, 2.24) is 0 Å². The molecule has 1 heterocycles. The second kappa shape index (κ2) is 3.48. The highest BCUT2D eigenvalue weighted by molar-refractivity contribution is 14.1. The van der Waals surface area contributed by atoms with Gasteiger partial charge in [-0.25, -0.2) is 0 Å². The zero-order valence-corrected chi connectivity index (χ0v) is 10.3. The van der Waals surface area contributed by atoms with Gasteiger partial charge in [-0.05, 0) is 34.7 Å². The highest BCUT2D eigenvalue weighted by Crippen LogP contribution is 2.31. The Bertz CT molecular complexity index is 510. The van der Waals surface area contributed by atoms with E-state index in [1.54, 1.807) is 11.3 Å². The molecule has 1 aromatic carbocycles. The summed E-state index contributed by atoms with van der Waals surface area (Å²) in [5.74, 6) is 0. The van der Waals surface area contributed by atoms with Crippen molar-refractivity contribution in [2.75, 3.05) is 0 Å². The molecule has 0 bridgehead atoms. The zero-order valence-electron chi connectivity index (χ0n) is 6.41. The van der Waals surface area contributed by atoms with Crippen LogP contribution in [0.25, 0.3) is 10.1 Å². The van der Waals surface area contributed by atoms with Gasteiger partial charge >= 0.3 is 0 Å². The molecule has 0 radical (unpaired) electrons. The summed E-state index contributed by atoms with van der Waals surface area (Å²) >= 11 is 8.16. The second-order valence-electron chi connectivity index (χ2n) is 2.57. The minimum atomic E-state index is 0.744. The molecule has 0 aliphatic rings. The predicted octanol–water partition coefficient (Wildman–Crippen LogP) is 3.67. The van der Waals surface area contributed by atoms with E-state index in [0.717, 1.165) is 19.4 Å². The molecule has 13 heavy (non-hydrogen) atoms. The number of thiophene rings is 1. The van der Waals surface area contributed by atoms with Crippen LogP contribution in [0.2, 0.25) is 0 Å². The van der Waals surface area contributed by atoms with Crippen molar-refractivity contribution >= 4 is 56.6 Å². The van der Waals surface area contributed by atoms with Crippen molar-refractivity contribution in [3.8, 4) is 6.07 Å². The molecule has 0 aliphatic heterocycles. The van der Waals surface area contributed by atoms with E-state index in [1.807, 2.05) is 17.5 Å². The maximum atomic E-state index is 8.84. The third-order valence-electron chi connectivity index (χ3n) is 1.73. The molecule has 0 N–H and O–H groups in total. The maximum absolute atomic E-state index is 8.84. The summed E-state index contributed by atoms with van der Waals surface area (Å²) in [4.78, 5) is 0.909. The minimum absolute atomic E-state index is 0.744. The number of rotatable bonds is 0. The van der Waals surface area contributed by atoms with E-state index >= 15 is 0 Å². The molecule has 0 atom stereocenters. The van der Waals surface area contributed by atoms with E-state index in [9.17, 15) is 0 Å². The Morgan fingerprint density at radius 2 is 2.23 bits per heavy atom. The number of nitriles is 1. The Labute approximate surface area is 98.9 Å². The average Bonchev–Trinajstić information content (AvgIpc) is 2.47. The predicted molar refractivity (Wildman–Crippen MR) is 66.5 cm³/mol. The van der Waals surface area contributed by atoms with E-state index in [4.69, 9.17) is 5.26 Å². The average molecular weight is 317 g/mol. The Kier molecular flexibility index (Phi) is 2.49. The number of thiol groups is 1. The van der Waals surface area contributed by atoms with Gasteiger partial charge < -0.3 is 0 Å². The molecule has 0 amide bonds. The van der Waals surface area contributed by atoms with Gasteiger partial charge in [-0.2, -0.15) is 5.26 Å². The molecule has 2 rings (SSSR count). The number of hydrogen-bond donors (Lipinski definition) is 1. The van der Waals surface area contributed by atoms with E-state index in [1.165, 1.54) is 4.70 Å². The van der Waals surface area contributed by atoms with Crippen molar-refractivity contribution < 1.29 is 0 Å². The summed E-state index contributed by atoms with van der Waals surface area (Å²) in [5, 5.41) is 11.7. The number of benzene rings is 1. The lowest BCUT2D eigenvalue weighted by molar-refractivity contribution is 1.49. The smallest absolute Gasteiger partial charge is 0.101 e. The van der Waals surface area contributed by atoms with Crippen molar-refractivity contribution in [2.45, 2.75) is 4.90 Å². The van der Waals surface area contributed by atoms with Crippen molar-refractivity contribution in [3.63, 3.8) is 0 Å². The van der Waals surface area contributed by atoms with Crippen LogP contribution in [0.5, 0.6) is 0 Å². The van der Waals surface area contributed by atoms with Crippen LogP contribution in [0, 0.1) is 14.9 Å². The molecule has 2 aromatic rings. The molecule has 64 valence electrons. The summed E-state index contributed by atoms with van der Waals surface area (Å²) < 4.78 is 2.33. The van der Waals surface area contributed by atoms with Crippen LogP contribution in [0.3, 0.4) is 0 Å². The fourth-order valence-electron chi connectivity index (χ4n) is 1.17. The minimum Gasteiger partial charge on any atom is -0.192 e. The third kappa shape index (κ3) is 1.56. The molecule has 0 aliphatic carbocycles. The summed E-state index contributed by atoms with van der Waals surface area (Å²) in [6.07, 6.45) is 0. The molecule has 0 spiro atoms. The molecular weight excluding hydrogens is 313 g/mol. The summed E-state index contributed by atoms with van der Waals surface area (Å²) in [6.45, 7) is 0. The highest BCUT2D eigenvalue weighted by Gasteiger charge is 2.06. The van der Waals surface area contributed by atoms with E-state index in [-0.39, 0.29) is 0 Å². The Morgan fingerprint density at radius 3 is 2.92 bits per heavy atom. The first-order valence-electron chi connectivity index (χ1n) is 3.52. The first-order valence-corrected chi connectivity index (χ1v) is 5.93. The number of fused-ring (bicyclic) bond motifs is 1. The van der Waals surface area contributed by atoms with Gasteiger partial charge in [0.15, 0.2) is 0 Å². The molecule has 0 fully saturated rings. The quantitative estimate of drug-likeness (QED) is 0.582. The standard InChI is InChI=1S/C9H4INS2/c10-8-2-6(12)1-7-5(3-11)4-13-9(7)8/h1-2,4,12H. The topological polar surface area (TPSA) is 23.8 Å². The van der Waals surface area contributed by atoms with Gasteiger partial charge in [-0.15, -0.1) is 24.0 Å². The van der Waals surface area contributed by atoms with E-state index in [2.05, 4.69) is 41.3 Å². The Hall–Kier alpha value is -0.250. The lowest BCUT2D eigenvalue weighted by Crippen LogP contribution is -1.75. The first kappa shape index (κ1) is 9.31. The molecule has 1 aromatic heterocycles. The zero-order chi connectivity index (χ0) is 9.42. The molecule has 4 heteroatoms. The highest BCUT2D eigenvalue weighted by atomic mass is 127. The van der Waals surface area contributed by atoms with Crippen LogP contribution in [0.15, 0.2) is 22.4 Å². The SMILES string of the molecule is N#Cc1csc2c(I)cc(S)cc12. The largest absolute Gasteiger partial charge is 0.192 e. The fraction of sp³-hybridized carbons (Fsp3) is 0. The Balaban J connectivity index is 2.92. The van der Waals surface area contributed by atoms with Crippen LogP contribution < -0.4 is 0 Å². The van der Waals surface area contributed by atoms with Crippen LogP contribution in [0.1, 0.15) is 5.56 Å². The molecule has 1 nitrogen and oxygen atoms in total. The van der Waals surface area contributed by atoms with Crippen LogP contribution >= 0.6 is 46.6 Å². The monoisotopic (exact) mass is 317 g/mol. The van der Waals surface area contributed by atoms with Crippen molar-refractivity contribution in [3.05, 3.63) is 26.6 Å². The lowest BCUT2D eigenvalue weighted by atomic mass is 10.2. The Morgan fingerprint density at radius 1 is 1.46 bits per heavy atom. The first-order chi connectivity index (χ1) is 6.22. The summed E-state index contributed by atoms with van der Waals surface area (Å²) in [5.41, 5.74) is 0.744. The molecule has 0 saturated carbocycles. The third-order valence-corrected chi connectivity index (χ3v) is 4.24. The lowest BCUT2D eigenvalue weighted by Gasteiger charge is -1.96. The van der Waals surface area contributed by atoms with Gasteiger partial charge in [0.05, 0.1) is 5.56 Å². The number of nitrogens with zero attached hydrogens (tertiary/aromatic N) is 1. The maximum Gasteiger partial charge on any atom is 0.101 e. The van der Waals surface area contributed by atoms with Gasteiger partial charge in [0.25, 0.3) is 0 Å². The normalized spacial score (nSPS) is 10.2. The van der Waals surface area contributed by atoms with Gasteiger partial charge in [0, 0.05) is 23.9 Å².